The van der Waals surface area contributed by atoms with Crippen LogP contribution in [0.1, 0.15) is 21.5 Å². The average molecular weight is 483 g/mol. The fourth-order valence-corrected chi connectivity index (χ4v) is 5.34. The third-order valence-electron chi connectivity index (χ3n) is 5.56. The molecule has 3 aromatic rings. The molecule has 176 valence electrons. The van der Waals surface area contributed by atoms with E-state index in [1.165, 1.54) is 52.7 Å². The van der Waals surface area contributed by atoms with Crippen molar-refractivity contribution in [2.24, 2.45) is 0 Å². The van der Waals surface area contributed by atoms with E-state index in [4.69, 9.17) is 4.74 Å². The molecule has 0 bridgehead atoms. The first-order chi connectivity index (χ1) is 16.3. The van der Waals surface area contributed by atoms with Gasteiger partial charge in [-0.05, 0) is 53.9 Å². The van der Waals surface area contributed by atoms with E-state index < -0.39 is 34.3 Å². The summed E-state index contributed by atoms with van der Waals surface area (Å²) >= 11 is 0. The van der Waals surface area contributed by atoms with Crippen molar-refractivity contribution >= 4 is 27.6 Å². The monoisotopic (exact) mass is 482 g/mol. The molecule has 0 N–H and O–H groups in total. The third-order valence-corrected chi connectivity index (χ3v) is 7.37. The second-order valence-electron chi connectivity index (χ2n) is 7.94. The first-order valence-corrected chi connectivity index (χ1v) is 12.1. The molecule has 1 aliphatic heterocycles. The minimum Gasteiger partial charge on any atom is -0.452 e. The lowest BCUT2D eigenvalue weighted by Gasteiger charge is -2.20. The van der Waals surface area contributed by atoms with Crippen LogP contribution in [0.25, 0.3) is 0 Å². The Bertz CT molecular complexity index is 1340. The molecule has 1 heterocycles. The van der Waals surface area contributed by atoms with Crippen LogP contribution < -0.4 is 4.31 Å². The number of ether oxygens (including phenoxy) is 1. The maximum Gasteiger partial charge on any atom is 0.338 e. The maximum atomic E-state index is 13.3. The molecule has 0 unspecified atom stereocenters. The Morgan fingerprint density at radius 2 is 1.79 bits per heavy atom. The molecule has 1 amide bonds. The number of esters is 1. The van der Waals surface area contributed by atoms with Gasteiger partial charge in [0.2, 0.25) is 0 Å². The summed E-state index contributed by atoms with van der Waals surface area (Å²) in [5.41, 5.74) is 2.20. The number of amides is 1. The van der Waals surface area contributed by atoms with Gasteiger partial charge in [-0.2, -0.15) is 0 Å². The molecule has 0 fully saturated rings. The lowest BCUT2D eigenvalue weighted by molar-refractivity contribution is -0.133. The van der Waals surface area contributed by atoms with Crippen LogP contribution in [0.4, 0.5) is 10.1 Å². The summed E-state index contributed by atoms with van der Waals surface area (Å²) < 4.78 is 46.2. The van der Waals surface area contributed by atoms with Gasteiger partial charge >= 0.3 is 5.97 Å². The number of nitrogens with zero attached hydrogens (tertiary/aromatic N) is 2. The zero-order valence-corrected chi connectivity index (χ0v) is 19.3. The Hall–Kier alpha value is -3.72. The van der Waals surface area contributed by atoms with Gasteiger partial charge in [-0.15, -0.1) is 0 Å². The highest BCUT2D eigenvalue weighted by atomic mass is 32.2. The topological polar surface area (TPSA) is 84.0 Å². The van der Waals surface area contributed by atoms with Crippen LogP contribution in [-0.2, 0) is 32.5 Å². The number of fused-ring (bicyclic) bond motifs is 1. The molecule has 0 atom stereocenters. The van der Waals surface area contributed by atoms with E-state index in [2.05, 4.69) is 0 Å². The summed E-state index contributed by atoms with van der Waals surface area (Å²) in [5.74, 6) is -1.70. The van der Waals surface area contributed by atoms with Gasteiger partial charge in [0.15, 0.2) is 6.61 Å². The van der Waals surface area contributed by atoms with Crippen molar-refractivity contribution < 1.29 is 27.1 Å². The molecule has 7 nitrogen and oxygen atoms in total. The van der Waals surface area contributed by atoms with Gasteiger partial charge in [0, 0.05) is 20.1 Å². The van der Waals surface area contributed by atoms with Gasteiger partial charge < -0.3 is 9.64 Å². The highest BCUT2D eigenvalue weighted by molar-refractivity contribution is 7.92. The van der Waals surface area contributed by atoms with Crippen LogP contribution >= 0.6 is 0 Å². The highest BCUT2D eigenvalue weighted by Crippen LogP contribution is 2.32. The lowest BCUT2D eigenvalue weighted by atomic mass is 10.2. The van der Waals surface area contributed by atoms with Crippen LogP contribution in [0.15, 0.2) is 77.7 Å². The molecule has 0 radical (unpaired) electrons. The Balaban J connectivity index is 1.41. The molecule has 0 saturated carbocycles. The first-order valence-electron chi connectivity index (χ1n) is 10.6. The maximum absolute atomic E-state index is 13.3. The molecule has 0 spiro atoms. The molecular formula is C25H23FN2O5S. The second kappa shape index (κ2) is 9.64. The molecule has 1 aliphatic rings. The predicted molar refractivity (Wildman–Crippen MR) is 124 cm³/mol. The minimum absolute atomic E-state index is 0.0224. The number of likely N-dealkylation sites (N-methyl/N-ethyl adjacent to an activating group) is 1. The van der Waals surface area contributed by atoms with Crippen molar-refractivity contribution in [2.45, 2.75) is 17.9 Å². The van der Waals surface area contributed by atoms with Crippen LogP contribution in [0.2, 0.25) is 0 Å². The van der Waals surface area contributed by atoms with Crippen LogP contribution in [0.5, 0.6) is 0 Å². The van der Waals surface area contributed by atoms with Crippen molar-refractivity contribution in [1.82, 2.24) is 4.90 Å². The highest BCUT2D eigenvalue weighted by Gasteiger charge is 2.31. The van der Waals surface area contributed by atoms with E-state index in [0.29, 0.717) is 24.2 Å². The molecular weight excluding hydrogens is 459 g/mol. The van der Waals surface area contributed by atoms with E-state index in [1.54, 1.807) is 24.3 Å². The second-order valence-corrected chi connectivity index (χ2v) is 9.80. The standard InChI is InChI=1S/C25H23FN2O5S/c1-27(16-18-6-4-9-21(26)14-18)24(29)17-33-25(30)20-8-5-10-22(15-20)34(31,32)28-13-12-19-7-2-3-11-23(19)28/h2-11,14-15H,12-13,16-17H2,1H3. The SMILES string of the molecule is CN(Cc1cccc(F)c1)C(=O)COC(=O)c1cccc(S(=O)(=O)N2CCc3ccccc32)c1. The number of sulfonamides is 1. The van der Waals surface area contributed by atoms with Gasteiger partial charge in [-0.1, -0.05) is 36.4 Å². The number of carbonyl (C=O) groups excluding carboxylic acids is 2. The van der Waals surface area contributed by atoms with Gasteiger partial charge in [0.1, 0.15) is 5.82 Å². The molecule has 0 aromatic heterocycles. The van der Waals surface area contributed by atoms with E-state index in [1.807, 2.05) is 12.1 Å². The van der Waals surface area contributed by atoms with Crippen molar-refractivity contribution in [2.75, 3.05) is 24.5 Å². The lowest BCUT2D eigenvalue weighted by Crippen LogP contribution is -2.31. The molecule has 9 heteroatoms. The Morgan fingerprint density at radius 1 is 1.03 bits per heavy atom. The van der Waals surface area contributed by atoms with Crippen LogP contribution in [0.3, 0.4) is 0 Å². The Labute approximate surface area is 197 Å². The Morgan fingerprint density at radius 3 is 2.59 bits per heavy atom. The summed E-state index contributed by atoms with van der Waals surface area (Å²) in [6, 6.07) is 18.7. The number of para-hydroxylation sites is 1. The number of anilines is 1. The predicted octanol–water partition coefficient (Wildman–Crippen LogP) is 3.39. The van der Waals surface area contributed by atoms with Crippen molar-refractivity contribution in [3.63, 3.8) is 0 Å². The fraction of sp³-hybridized carbons (Fsp3) is 0.200. The van der Waals surface area contributed by atoms with Crippen LogP contribution in [-0.4, -0.2) is 45.4 Å². The normalized spacial score (nSPS) is 12.8. The molecule has 0 aliphatic carbocycles. The summed E-state index contributed by atoms with van der Waals surface area (Å²) in [4.78, 5) is 26.1. The van der Waals surface area contributed by atoms with E-state index in [-0.39, 0.29) is 17.0 Å². The largest absolute Gasteiger partial charge is 0.452 e. The number of rotatable bonds is 7. The summed E-state index contributed by atoms with van der Waals surface area (Å²) in [6.45, 7) is -0.0528. The minimum atomic E-state index is -3.87. The summed E-state index contributed by atoms with van der Waals surface area (Å²) in [7, 11) is -2.36. The summed E-state index contributed by atoms with van der Waals surface area (Å²) in [5, 5.41) is 0. The van der Waals surface area contributed by atoms with Crippen molar-refractivity contribution in [3.8, 4) is 0 Å². The molecule has 34 heavy (non-hydrogen) atoms. The number of hydrogen-bond acceptors (Lipinski definition) is 5. The summed E-state index contributed by atoms with van der Waals surface area (Å²) in [6.07, 6.45) is 0.613. The first kappa shape index (κ1) is 23.4. The third kappa shape index (κ3) is 4.94. The zero-order chi connectivity index (χ0) is 24.3. The molecule has 4 rings (SSSR count). The van der Waals surface area contributed by atoms with E-state index in [0.717, 1.165) is 5.56 Å². The smallest absolute Gasteiger partial charge is 0.338 e. The van der Waals surface area contributed by atoms with Gasteiger partial charge in [-0.3, -0.25) is 9.10 Å². The van der Waals surface area contributed by atoms with Gasteiger partial charge in [0.25, 0.3) is 15.9 Å². The zero-order valence-electron chi connectivity index (χ0n) is 18.5. The van der Waals surface area contributed by atoms with Crippen molar-refractivity contribution in [1.29, 1.82) is 0 Å². The molecule has 0 saturated heterocycles. The van der Waals surface area contributed by atoms with Crippen LogP contribution in [0, 0.1) is 5.82 Å². The number of hydrogen-bond donors (Lipinski definition) is 0. The average Bonchev–Trinajstić information content (AvgIpc) is 3.27. The van der Waals surface area contributed by atoms with E-state index >= 15 is 0 Å². The van der Waals surface area contributed by atoms with Crippen molar-refractivity contribution in [3.05, 3.63) is 95.3 Å². The molecule has 3 aromatic carbocycles. The number of halogens is 1. The number of carbonyl (C=O) groups is 2. The fourth-order valence-electron chi connectivity index (χ4n) is 3.79. The Kier molecular flexibility index (Phi) is 6.65. The van der Waals surface area contributed by atoms with Gasteiger partial charge in [0.05, 0.1) is 16.1 Å². The number of benzene rings is 3. The van der Waals surface area contributed by atoms with E-state index in [9.17, 15) is 22.4 Å². The quantitative estimate of drug-likeness (QED) is 0.482. The van der Waals surface area contributed by atoms with Gasteiger partial charge in [-0.25, -0.2) is 17.6 Å².